The fourth-order valence-electron chi connectivity index (χ4n) is 0.931. The molecule has 0 fully saturated rings. The van der Waals surface area contributed by atoms with Crippen LogP contribution in [0.4, 0.5) is 0 Å². The molecule has 0 rings (SSSR count). The monoisotopic (exact) mass is 180 g/mol. The molecule has 0 spiro atoms. The Kier molecular flexibility index (Phi) is 6.48. The molecular weight excluding hydrogens is 164 g/mol. The minimum absolute atomic E-state index is 0.488. The molecule has 0 saturated heterocycles. The highest BCUT2D eigenvalue weighted by atomic mass is 35.5. The standard InChI is InChI=1S/C7H17ClOSi/c1-4-9-7(5-6-8)10(2)3/h7,10H,4-6H2,1-3H3. The Morgan fingerprint density at radius 2 is 2.10 bits per heavy atom. The van der Waals surface area contributed by atoms with Crippen LogP contribution in [0.15, 0.2) is 0 Å². The molecule has 1 atom stereocenters. The van der Waals surface area contributed by atoms with Gasteiger partial charge in [-0.15, -0.1) is 11.6 Å². The molecule has 0 aromatic rings. The maximum Gasteiger partial charge on any atom is 0.0656 e. The fourth-order valence-corrected chi connectivity index (χ4v) is 2.77. The third kappa shape index (κ3) is 4.31. The van der Waals surface area contributed by atoms with E-state index in [9.17, 15) is 0 Å². The second-order valence-corrected chi connectivity index (χ2v) is 6.33. The molecule has 1 unspecified atom stereocenters. The molecule has 1 nitrogen and oxygen atoms in total. The van der Waals surface area contributed by atoms with E-state index in [4.69, 9.17) is 16.3 Å². The Balaban J connectivity index is 3.50. The van der Waals surface area contributed by atoms with Crippen molar-refractivity contribution in [3.8, 4) is 0 Å². The van der Waals surface area contributed by atoms with Gasteiger partial charge in [-0.05, 0) is 13.3 Å². The summed E-state index contributed by atoms with van der Waals surface area (Å²) in [4.78, 5) is 0. The lowest BCUT2D eigenvalue weighted by Gasteiger charge is -2.18. The van der Waals surface area contributed by atoms with Crippen molar-refractivity contribution < 1.29 is 4.74 Å². The van der Waals surface area contributed by atoms with Crippen molar-refractivity contribution in [1.82, 2.24) is 0 Å². The lowest BCUT2D eigenvalue weighted by molar-refractivity contribution is 0.112. The first-order valence-electron chi connectivity index (χ1n) is 3.90. The van der Waals surface area contributed by atoms with Crippen LogP contribution in [0.25, 0.3) is 0 Å². The zero-order valence-corrected chi connectivity index (χ0v) is 8.97. The summed E-state index contributed by atoms with van der Waals surface area (Å²) in [6.45, 7) is 7.46. The number of rotatable bonds is 5. The summed E-state index contributed by atoms with van der Waals surface area (Å²) in [7, 11) is -0.627. The first kappa shape index (κ1) is 10.5. The summed E-state index contributed by atoms with van der Waals surface area (Å²) in [6.07, 6.45) is 1.03. The lowest BCUT2D eigenvalue weighted by Crippen LogP contribution is -2.28. The van der Waals surface area contributed by atoms with Gasteiger partial charge in [0.2, 0.25) is 0 Å². The van der Waals surface area contributed by atoms with E-state index >= 15 is 0 Å². The number of halogens is 1. The van der Waals surface area contributed by atoms with Crippen LogP contribution >= 0.6 is 11.6 Å². The van der Waals surface area contributed by atoms with Gasteiger partial charge in [-0.2, -0.15) is 0 Å². The van der Waals surface area contributed by atoms with Crippen LogP contribution in [-0.4, -0.2) is 27.0 Å². The molecule has 0 aromatic heterocycles. The molecule has 0 N–H and O–H groups in total. The Morgan fingerprint density at radius 1 is 1.50 bits per heavy atom. The molecule has 3 heteroatoms. The maximum atomic E-state index is 5.62. The number of hydrogen-bond donors (Lipinski definition) is 0. The van der Waals surface area contributed by atoms with Crippen molar-refractivity contribution in [2.75, 3.05) is 12.5 Å². The first-order valence-corrected chi connectivity index (χ1v) is 7.41. The summed E-state index contributed by atoms with van der Waals surface area (Å²) in [5.74, 6) is 0.732. The zero-order valence-electron chi connectivity index (χ0n) is 7.06. The van der Waals surface area contributed by atoms with Crippen molar-refractivity contribution in [2.45, 2.75) is 32.2 Å². The van der Waals surface area contributed by atoms with Crippen molar-refractivity contribution in [3.05, 3.63) is 0 Å². The van der Waals surface area contributed by atoms with E-state index in [1.807, 2.05) is 6.92 Å². The van der Waals surface area contributed by atoms with Gasteiger partial charge < -0.3 is 4.74 Å². The number of alkyl halides is 1. The van der Waals surface area contributed by atoms with Crippen LogP contribution in [0.5, 0.6) is 0 Å². The molecule has 0 heterocycles. The lowest BCUT2D eigenvalue weighted by atomic mass is 10.5. The minimum atomic E-state index is -0.627. The van der Waals surface area contributed by atoms with Gasteiger partial charge in [-0.25, -0.2) is 0 Å². The predicted molar refractivity (Wildman–Crippen MR) is 49.6 cm³/mol. The quantitative estimate of drug-likeness (QED) is 0.465. The topological polar surface area (TPSA) is 9.23 Å². The van der Waals surface area contributed by atoms with Gasteiger partial charge >= 0.3 is 0 Å². The maximum absolute atomic E-state index is 5.62. The smallest absolute Gasteiger partial charge is 0.0656 e. The molecule has 0 aliphatic rings. The Hall–Kier alpha value is 0.467. The highest BCUT2D eigenvalue weighted by molar-refractivity contribution is 6.57. The van der Waals surface area contributed by atoms with Crippen molar-refractivity contribution in [3.63, 3.8) is 0 Å². The Morgan fingerprint density at radius 3 is 2.40 bits per heavy atom. The van der Waals surface area contributed by atoms with Gasteiger partial charge in [0.1, 0.15) is 0 Å². The average Bonchev–Trinajstić information content (AvgIpc) is 1.87. The van der Waals surface area contributed by atoms with E-state index in [1.54, 1.807) is 0 Å². The second kappa shape index (κ2) is 6.19. The van der Waals surface area contributed by atoms with Crippen LogP contribution in [0.1, 0.15) is 13.3 Å². The third-order valence-corrected chi connectivity index (χ3v) is 3.75. The third-order valence-electron chi connectivity index (χ3n) is 1.52. The van der Waals surface area contributed by atoms with Gasteiger partial charge in [0.05, 0.1) is 8.80 Å². The van der Waals surface area contributed by atoms with Crippen LogP contribution in [0.3, 0.4) is 0 Å². The van der Waals surface area contributed by atoms with Gasteiger partial charge in [0, 0.05) is 18.2 Å². The van der Waals surface area contributed by atoms with E-state index in [2.05, 4.69) is 13.1 Å². The van der Waals surface area contributed by atoms with Crippen LogP contribution in [0.2, 0.25) is 13.1 Å². The minimum Gasteiger partial charge on any atom is -0.382 e. The molecule has 0 amide bonds. The second-order valence-electron chi connectivity index (χ2n) is 2.72. The number of ether oxygens (including phenoxy) is 1. The van der Waals surface area contributed by atoms with Gasteiger partial charge in [0.15, 0.2) is 0 Å². The molecule has 0 aliphatic carbocycles. The van der Waals surface area contributed by atoms with E-state index < -0.39 is 8.80 Å². The van der Waals surface area contributed by atoms with E-state index in [1.165, 1.54) is 0 Å². The van der Waals surface area contributed by atoms with E-state index in [0.29, 0.717) is 5.73 Å². The van der Waals surface area contributed by atoms with Crippen LogP contribution < -0.4 is 0 Å². The van der Waals surface area contributed by atoms with E-state index in [-0.39, 0.29) is 0 Å². The van der Waals surface area contributed by atoms with E-state index in [0.717, 1.165) is 18.9 Å². The SMILES string of the molecule is CCOC(CCCl)[SiH](C)C. The Bertz CT molecular complexity index is 72.0. The van der Waals surface area contributed by atoms with Gasteiger partial charge in [-0.3, -0.25) is 0 Å². The van der Waals surface area contributed by atoms with Crippen LogP contribution in [-0.2, 0) is 4.74 Å². The molecule has 0 aliphatic heterocycles. The van der Waals surface area contributed by atoms with Crippen molar-refractivity contribution in [1.29, 1.82) is 0 Å². The summed E-state index contributed by atoms with van der Waals surface area (Å²) in [6, 6.07) is 0. The fraction of sp³-hybridized carbons (Fsp3) is 1.00. The first-order chi connectivity index (χ1) is 4.72. The van der Waals surface area contributed by atoms with Crippen LogP contribution in [0, 0.1) is 0 Å². The Labute approximate surface area is 70.3 Å². The summed E-state index contributed by atoms with van der Waals surface area (Å²) >= 11 is 5.62. The average molecular weight is 181 g/mol. The highest BCUT2D eigenvalue weighted by Crippen LogP contribution is 2.04. The van der Waals surface area contributed by atoms with Crippen molar-refractivity contribution in [2.24, 2.45) is 0 Å². The molecule has 0 radical (unpaired) electrons. The zero-order chi connectivity index (χ0) is 7.98. The molecule has 0 bridgehead atoms. The molecule has 0 saturated carbocycles. The molecule has 10 heavy (non-hydrogen) atoms. The van der Waals surface area contributed by atoms with Gasteiger partial charge in [0.25, 0.3) is 0 Å². The molecule has 62 valence electrons. The van der Waals surface area contributed by atoms with Crippen molar-refractivity contribution >= 4 is 20.4 Å². The van der Waals surface area contributed by atoms with Gasteiger partial charge in [-0.1, -0.05) is 13.1 Å². The molecular formula is C7H17ClOSi. The summed E-state index contributed by atoms with van der Waals surface area (Å²) in [5.41, 5.74) is 0.488. The summed E-state index contributed by atoms with van der Waals surface area (Å²) in [5, 5.41) is 0. The largest absolute Gasteiger partial charge is 0.382 e. The highest BCUT2D eigenvalue weighted by Gasteiger charge is 2.12. The summed E-state index contributed by atoms with van der Waals surface area (Å²) < 4.78 is 5.52. The number of hydrogen-bond acceptors (Lipinski definition) is 1. The normalized spacial score (nSPS) is 14.1. The predicted octanol–water partition coefficient (Wildman–Crippen LogP) is 2.05. The molecule has 0 aromatic carbocycles.